The molecule has 0 spiro atoms. The number of carbonyl (C=O) groups excluding carboxylic acids is 1. The molecule has 0 aliphatic carbocycles. The Bertz CT molecular complexity index is 750. The van der Waals surface area contributed by atoms with Gasteiger partial charge in [0, 0.05) is 18.8 Å². The number of carbonyl (C=O) groups is 1. The van der Waals surface area contributed by atoms with Gasteiger partial charge in [-0.2, -0.15) is 0 Å². The zero-order valence-corrected chi connectivity index (χ0v) is 17.0. The van der Waals surface area contributed by atoms with Crippen molar-refractivity contribution in [3.05, 3.63) is 54.1 Å². The molecule has 1 aliphatic rings. The zero-order chi connectivity index (χ0) is 19.9. The van der Waals surface area contributed by atoms with E-state index in [0.29, 0.717) is 12.2 Å². The normalized spacial score (nSPS) is 16.4. The van der Waals surface area contributed by atoms with Crippen molar-refractivity contribution >= 4 is 11.6 Å². The summed E-state index contributed by atoms with van der Waals surface area (Å²) in [5.74, 6) is 1.40. The second-order valence-corrected chi connectivity index (χ2v) is 7.46. The lowest BCUT2D eigenvalue weighted by Crippen LogP contribution is -2.35. The quantitative estimate of drug-likeness (QED) is 0.777. The summed E-state index contributed by atoms with van der Waals surface area (Å²) >= 11 is 0. The summed E-state index contributed by atoms with van der Waals surface area (Å²) in [5.41, 5.74) is 1.90. The maximum Gasteiger partial charge on any atom is 0.265 e. The number of anilines is 1. The number of piperidine rings is 1. The number of benzene rings is 2. The zero-order valence-electron chi connectivity index (χ0n) is 17.0. The van der Waals surface area contributed by atoms with E-state index in [4.69, 9.17) is 9.47 Å². The van der Waals surface area contributed by atoms with Gasteiger partial charge in [0.2, 0.25) is 0 Å². The maximum atomic E-state index is 12.6. The van der Waals surface area contributed by atoms with E-state index in [2.05, 4.69) is 17.3 Å². The molecule has 1 N–H and O–H groups in total. The van der Waals surface area contributed by atoms with E-state index in [1.807, 2.05) is 62.4 Å². The van der Waals surface area contributed by atoms with Crippen LogP contribution in [0.3, 0.4) is 0 Å². The van der Waals surface area contributed by atoms with Crippen molar-refractivity contribution in [2.24, 2.45) is 0 Å². The maximum absolute atomic E-state index is 12.6. The molecular weight excluding hydrogens is 352 g/mol. The van der Waals surface area contributed by atoms with Gasteiger partial charge in [-0.1, -0.05) is 24.6 Å². The highest BCUT2D eigenvalue weighted by Gasteiger charge is 2.20. The monoisotopic (exact) mass is 382 g/mol. The summed E-state index contributed by atoms with van der Waals surface area (Å²) in [6.07, 6.45) is 2.42. The summed E-state index contributed by atoms with van der Waals surface area (Å²) in [6, 6.07) is 15.3. The highest BCUT2D eigenvalue weighted by atomic mass is 16.5. The van der Waals surface area contributed by atoms with Crippen LogP contribution in [0.2, 0.25) is 0 Å². The molecule has 1 atom stereocenters. The van der Waals surface area contributed by atoms with Crippen LogP contribution in [0, 0.1) is 6.92 Å². The van der Waals surface area contributed by atoms with Crippen molar-refractivity contribution in [2.75, 3.05) is 25.5 Å². The van der Waals surface area contributed by atoms with Gasteiger partial charge in [-0.15, -0.1) is 0 Å². The van der Waals surface area contributed by atoms with Crippen LogP contribution in [0.15, 0.2) is 48.5 Å². The third-order valence-corrected chi connectivity index (χ3v) is 5.05. The molecule has 0 aromatic heterocycles. The Labute approximate surface area is 167 Å². The first-order valence-electron chi connectivity index (χ1n) is 10.0. The van der Waals surface area contributed by atoms with Crippen molar-refractivity contribution < 1.29 is 14.3 Å². The Kier molecular flexibility index (Phi) is 6.93. The van der Waals surface area contributed by atoms with Gasteiger partial charge in [-0.3, -0.25) is 4.79 Å². The van der Waals surface area contributed by atoms with Gasteiger partial charge < -0.3 is 19.7 Å². The molecule has 28 heavy (non-hydrogen) atoms. The standard InChI is InChI=1S/C23H30N2O3/c1-4-22(28-20-9-5-17(2)6-10-20)23(26)24-18-7-11-19(12-8-18)27-21-13-15-25(3)16-14-21/h5-12,21-22H,4,13-16H2,1-3H3,(H,24,26)/t22-/m1/s1. The number of aryl methyl sites for hydroxylation is 1. The Balaban J connectivity index is 1.53. The molecule has 1 aliphatic heterocycles. The molecule has 1 fully saturated rings. The lowest BCUT2D eigenvalue weighted by molar-refractivity contribution is -0.122. The molecule has 3 rings (SSSR count). The first-order valence-corrected chi connectivity index (χ1v) is 10.0. The van der Waals surface area contributed by atoms with Gasteiger partial charge in [0.1, 0.15) is 17.6 Å². The molecule has 2 aromatic rings. The second-order valence-electron chi connectivity index (χ2n) is 7.46. The molecule has 2 aromatic carbocycles. The van der Waals surface area contributed by atoms with Crippen LogP contribution in [-0.2, 0) is 4.79 Å². The van der Waals surface area contributed by atoms with Crippen LogP contribution in [0.1, 0.15) is 31.7 Å². The van der Waals surface area contributed by atoms with Crippen molar-refractivity contribution in [1.82, 2.24) is 4.90 Å². The molecule has 5 nitrogen and oxygen atoms in total. The first kappa shape index (κ1) is 20.2. The largest absolute Gasteiger partial charge is 0.490 e. The average molecular weight is 383 g/mol. The molecule has 0 unspecified atom stereocenters. The minimum absolute atomic E-state index is 0.146. The Morgan fingerprint density at radius 3 is 2.29 bits per heavy atom. The van der Waals surface area contributed by atoms with Gasteiger partial charge in [0.05, 0.1) is 0 Å². The van der Waals surface area contributed by atoms with Gasteiger partial charge >= 0.3 is 0 Å². The fourth-order valence-electron chi connectivity index (χ4n) is 3.24. The number of hydrogen-bond donors (Lipinski definition) is 1. The predicted octanol–water partition coefficient (Wildman–Crippen LogP) is 4.26. The summed E-state index contributed by atoms with van der Waals surface area (Å²) in [6.45, 7) is 6.10. The third kappa shape index (κ3) is 5.73. The SMILES string of the molecule is CC[C@@H](Oc1ccc(C)cc1)C(=O)Nc1ccc(OC2CCN(C)CC2)cc1. The number of hydrogen-bond acceptors (Lipinski definition) is 4. The van der Waals surface area contributed by atoms with Crippen molar-refractivity contribution in [3.63, 3.8) is 0 Å². The van der Waals surface area contributed by atoms with Crippen LogP contribution >= 0.6 is 0 Å². The fraction of sp³-hybridized carbons (Fsp3) is 0.435. The summed E-state index contributed by atoms with van der Waals surface area (Å²) < 4.78 is 11.9. The van der Waals surface area contributed by atoms with Crippen LogP contribution < -0.4 is 14.8 Å². The smallest absolute Gasteiger partial charge is 0.265 e. The lowest BCUT2D eigenvalue weighted by Gasteiger charge is -2.29. The van der Waals surface area contributed by atoms with E-state index >= 15 is 0 Å². The number of likely N-dealkylation sites (tertiary alicyclic amines) is 1. The number of rotatable bonds is 7. The molecule has 1 saturated heterocycles. The van der Waals surface area contributed by atoms with E-state index < -0.39 is 6.10 Å². The number of nitrogens with zero attached hydrogens (tertiary/aromatic N) is 1. The molecular formula is C23H30N2O3. The van der Waals surface area contributed by atoms with Crippen LogP contribution in [0.25, 0.3) is 0 Å². The van der Waals surface area contributed by atoms with E-state index in [-0.39, 0.29) is 12.0 Å². The highest BCUT2D eigenvalue weighted by Crippen LogP contribution is 2.21. The van der Waals surface area contributed by atoms with Gasteiger partial charge in [0.15, 0.2) is 6.10 Å². The Morgan fingerprint density at radius 1 is 1.07 bits per heavy atom. The van der Waals surface area contributed by atoms with Gasteiger partial charge in [-0.05, 0) is 69.6 Å². The fourth-order valence-corrected chi connectivity index (χ4v) is 3.24. The predicted molar refractivity (Wildman–Crippen MR) is 112 cm³/mol. The van der Waals surface area contributed by atoms with Crippen molar-refractivity contribution in [3.8, 4) is 11.5 Å². The molecule has 1 amide bonds. The van der Waals surface area contributed by atoms with E-state index in [1.54, 1.807) is 0 Å². The minimum atomic E-state index is -0.530. The van der Waals surface area contributed by atoms with Crippen molar-refractivity contribution in [1.29, 1.82) is 0 Å². The Hall–Kier alpha value is -2.53. The summed E-state index contributed by atoms with van der Waals surface area (Å²) in [7, 11) is 2.14. The first-order chi connectivity index (χ1) is 13.5. The average Bonchev–Trinajstić information content (AvgIpc) is 2.70. The number of nitrogens with one attached hydrogen (secondary N) is 1. The van der Waals surface area contributed by atoms with Crippen LogP contribution in [-0.4, -0.2) is 43.2 Å². The number of amides is 1. The third-order valence-electron chi connectivity index (χ3n) is 5.05. The van der Waals surface area contributed by atoms with E-state index in [1.165, 1.54) is 0 Å². The topological polar surface area (TPSA) is 50.8 Å². The molecule has 0 bridgehead atoms. The minimum Gasteiger partial charge on any atom is -0.490 e. The van der Waals surface area contributed by atoms with Crippen LogP contribution in [0.5, 0.6) is 11.5 Å². The Morgan fingerprint density at radius 2 is 1.68 bits per heavy atom. The van der Waals surface area contributed by atoms with E-state index in [0.717, 1.165) is 42.9 Å². The molecule has 5 heteroatoms. The molecule has 0 saturated carbocycles. The molecule has 0 radical (unpaired) electrons. The van der Waals surface area contributed by atoms with Gasteiger partial charge in [-0.25, -0.2) is 0 Å². The molecule has 150 valence electrons. The summed E-state index contributed by atoms with van der Waals surface area (Å²) in [4.78, 5) is 14.9. The number of ether oxygens (including phenoxy) is 2. The molecule has 1 heterocycles. The lowest BCUT2D eigenvalue weighted by atomic mass is 10.1. The van der Waals surface area contributed by atoms with Crippen molar-refractivity contribution in [2.45, 2.75) is 45.3 Å². The highest BCUT2D eigenvalue weighted by molar-refractivity contribution is 5.94. The van der Waals surface area contributed by atoms with E-state index in [9.17, 15) is 4.79 Å². The summed E-state index contributed by atoms with van der Waals surface area (Å²) in [5, 5.41) is 2.94. The van der Waals surface area contributed by atoms with Crippen LogP contribution in [0.4, 0.5) is 5.69 Å². The second kappa shape index (κ2) is 9.60. The van der Waals surface area contributed by atoms with Gasteiger partial charge in [0.25, 0.3) is 5.91 Å².